The molecule has 1 aromatic carbocycles. The van der Waals surface area contributed by atoms with Crippen LogP contribution in [0.2, 0.25) is 0 Å². The van der Waals surface area contributed by atoms with Gasteiger partial charge in [0.15, 0.2) is 5.65 Å². The van der Waals surface area contributed by atoms with E-state index in [2.05, 4.69) is 90.4 Å². The Hall–Kier alpha value is -3.23. The standard InChI is InChI=1S/C27H28BrN7/c1-33-17-21(22-6-2-3-7-25(22)33)18-34-11-8-20(9-12-34)24-13-26(30-15-19-5-4-10-29-14-19)35-27(32-24)23(28)16-31-35/h2-7,10,13-14,16-17,20,30H,8-9,11-12,15,18H2,1H3. The van der Waals surface area contributed by atoms with Crippen LogP contribution in [0.25, 0.3) is 16.6 Å². The molecule has 0 saturated carbocycles. The summed E-state index contributed by atoms with van der Waals surface area (Å²) >= 11 is 3.63. The van der Waals surface area contributed by atoms with Crippen molar-refractivity contribution in [1.29, 1.82) is 0 Å². The Morgan fingerprint density at radius 2 is 1.94 bits per heavy atom. The molecule has 1 aliphatic heterocycles. The highest BCUT2D eigenvalue weighted by Crippen LogP contribution is 2.32. The number of nitrogens with one attached hydrogen (secondary N) is 1. The molecule has 5 heterocycles. The first-order chi connectivity index (χ1) is 17.2. The number of fused-ring (bicyclic) bond motifs is 2. The monoisotopic (exact) mass is 529 g/mol. The Morgan fingerprint density at radius 3 is 2.77 bits per heavy atom. The lowest BCUT2D eigenvalue weighted by atomic mass is 9.93. The molecule has 4 aromatic heterocycles. The van der Waals surface area contributed by atoms with Gasteiger partial charge in [0, 0.05) is 67.3 Å². The van der Waals surface area contributed by atoms with Crippen molar-refractivity contribution < 1.29 is 0 Å². The summed E-state index contributed by atoms with van der Waals surface area (Å²) in [5.74, 6) is 1.39. The lowest BCUT2D eigenvalue weighted by Gasteiger charge is -2.31. The third-order valence-electron chi connectivity index (χ3n) is 7.02. The maximum absolute atomic E-state index is 5.01. The molecule has 7 nitrogen and oxygen atoms in total. The van der Waals surface area contributed by atoms with E-state index in [-0.39, 0.29) is 0 Å². The summed E-state index contributed by atoms with van der Waals surface area (Å²) < 4.78 is 5.02. The fourth-order valence-corrected chi connectivity index (χ4v) is 5.51. The van der Waals surface area contributed by atoms with Crippen molar-refractivity contribution in [2.45, 2.75) is 31.8 Å². The van der Waals surface area contributed by atoms with Crippen LogP contribution in [0.3, 0.4) is 0 Å². The number of aromatic nitrogens is 5. The molecule has 1 aliphatic rings. The summed E-state index contributed by atoms with van der Waals surface area (Å²) in [6, 6.07) is 14.9. The van der Waals surface area contributed by atoms with Crippen molar-refractivity contribution in [3.8, 4) is 0 Å². The molecule has 0 spiro atoms. The molecule has 1 N–H and O–H groups in total. The van der Waals surface area contributed by atoms with Crippen molar-refractivity contribution >= 4 is 38.3 Å². The first kappa shape index (κ1) is 22.2. The van der Waals surface area contributed by atoms with Gasteiger partial charge in [-0.3, -0.25) is 9.88 Å². The highest BCUT2D eigenvalue weighted by molar-refractivity contribution is 9.10. The van der Waals surface area contributed by atoms with E-state index in [1.807, 2.05) is 23.0 Å². The minimum atomic E-state index is 0.435. The zero-order valence-electron chi connectivity index (χ0n) is 19.7. The largest absolute Gasteiger partial charge is 0.366 e. The number of anilines is 1. The van der Waals surface area contributed by atoms with E-state index in [1.165, 1.54) is 16.5 Å². The van der Waals surface area contributed by atoms with Gasteiger partial charge < -0.3 is 9.88 Å². The Morgan fingerprint density at radius 1 is 1.09 bits per heavy atom. The van der Waals surface area contributed by atoms with Gasteiger partial charge in [-0.1, -0.05) is 24.3 Å². The van der Waals surface area contributed by atoms with Gasteiger partial charge in [0.25, 0.3) is 0 Å². The lowest BCUT2D eigenvalue weighted by Crippen LogP contribution is -2.32. The smallest absolute Gasteiger partial charge is 0.171 e. The second-order valence-electron chi connectivity index (χ2n) is 9.34. The Kier molecular flexibility index (Phi) is 6.00. The minimum Gasteiger partial charge on any atom is -0.366 e. The van der Waals surface area contributed by atoms with Crippen LogP contribution < -0.4 is 5.32 Å². The first-order valence-electron chi connectivity index (χ1n) is 12.1. The number of benzene rings is 1. The van der Waals surface area contributed by atoms with Crippen molar-refractivity contribution in [2.24, 2.45) is 7.05 Å². The lowest BCUT2D eigenvalue weighted by molar-refractivity contribution is 0.204. The fourth-order valence-electron chi connectivity index (χ4n) is 5.16. The van der Waals surface area contributed by atoms with Gasteiger partial charge in [-0.25, -0.2) is 4.98 Å². The maximum atomic E-state index is 5.01. The van der Waals surface area contributed by atoms with E-state index in [9.17, 15) is 0 Å². The molecule has 0 aliphatic carbocycles. The van der Waals surface area contributed by atoms with E-state index < -0.39 is 0 Å². The van der Waals surface area contributed by atoms with Crippen LogP contribution >= 0.6 is 15.9 Å². The average Bonchev–Trinajstić information content (AvgIpc) is 3.43. The van der Waals surface area contributed by atoms with E-state index in [4.69, 9.17) is 4.98 Å². The van der Waals surface area contributed by atoms with Crippen molar-refractivity contribution in [3.63, 3.8) is 0 Å². The second-order valence-corrected chi connectivity index (χ2v) is 10.2. The predicted molar refractivity (Wildman–Crippen MR) is 142 cm³/mol. The van der Waals surface area contributed by atoms with Gasteiger partial charge in [0.2, 0.25) is 0 Å². The zero-order chi connectivity index (χ0) is 23.8. The molecular formula is C27H28BrN7. The van der Waals surface area contributed by atoms with Crippen LogP contribution in [0.1, 0.15) is 35.6 Å². The fraction of sp³-hybridized carbons (Fsp3) is 0.296. The molecule has 178 valence electrons. The minimum absolute atomic E-state index is 0.435. The summed E-state index contributed by atoms with van der Waals surface area (Å²) in [6.45, 7) is 3.82. The number of hydrogen-bond acceptors (Lipinski definition) is 5. The van der Waals surface area contributed by atoms with E-state index in [0.29, 0.717) is 12.5 Å². The normalized spacial score (nSPS) is 15.3. The number of halogens is 1. The summed E-state index contributed by atoms with van der Waals surface area (Å²) in [7, 11) is 2.13. The molecule has 0 unspecified atom stereocenters. The summed E-state index contributed by atoms with van der Waals surface area (Å²) in [4.78, 5) is 11.8. The van der Waals surface area contributed by atoms with Crippen LogP contribution in [0.15, 0.2) is 71.7 Å². The SMILES string of the molecule is Cn1cc(CN2CCC(c3cc(NCc4cccnc4)n4ncc(Br)c4n3)CC2)c2ccccc21. The molecule has 1 fully saturated rings. The Bertz CT molecular complexity index is 1470. The highest BCUT2D eigenvalue weighted by Gasteiger charge is 2.24. The van der Waals surface area contributed by atoms with Gasteiger partial charge in [0.1, 0.15) is 5.82 Å². The first-order valence-corrected chi connectivity index (χ1v) is 12.9. The maximum Gasteiger partial charge on any atom is 0.171 e. The average molecular weight is 530 g/mol. The number of aryl methyl sites for hydroxylation is 1. The topological polar surface area (TPSA) is 63.3 Å². The van der Waals surface area contributed by atoms with Crippen molar-refractivity contribution in [2.75, 3.05) is 18.4 Å². The number of hydrogen-bond donors (Lipinski definition) is 1. The summed E-state index contributed by atoms with van der Waals surface area (Å²) in [5, 5.41) is 9.43. The number of pyridine rings is 1. The Labute approximate surface area is 212 Å². The number of nitrogens with zero attached hydrogens (tertiary/aromatic N) is 6. The second kappa shape index (κ2) is 9.43. The van der Waals surface area contributed by atoms with Gasteiger partial charge in [-0.15, -0.1) is 0 Å². The van der Waals surface area contributed by atoms with E-state index in [0.717, 1.165) is 59.7 Å². The molecule has 35 heavy (non-hydrogen) atoms. The summed E-state index contributed by atoms with van der Waals surface area (Å²) in [6.07, 6.45) is 9.97. The molecule has 0 radical (unpaired) electrons. The highest BCUT2D eigenvalue weighted by atomic mass is 79.9. The van der Waals surface area contributed by atoms with E-state index >= 15 is 0 Å². The van der Waals surface area contributed by atoms with Crippen LogP contribution in [0.5, 0.6) is 0 Å². The van der Waals surface area contributed by atoms with Crippen LogP contribution in [-0.2, 0) is 20.1 Å². The number of para-hydroxylation sites is 1. The van der Waals surface area contributed by atoms with Gasteiger partial charge >= 0.3 is 0 Å². The third kappa shape index (κ3) is 4.44. The van der Waals surface area contributed by atoms with Gasteiger partial charge in [0.05, 0.1) is 10.7 Å². The van der Waals surface area contributed by atoms with E-state index in [1.54, 1.807) is 6.20 Å². The molecule has 6 rings (SSSR count). The quantitative estimate of drug-likeness (QED) is 0.320. The molecule has 8 heteroatoms. The van der Waals surface area contributed by atoms with Gasteiger partial charge in [-0.05, 0) is 65.1 Å². The van der Waals surface area contributed by atoms with Crippen LogP contribution in [-0.4, -0.2) is 42.1 Å². The molecule has 0 amide bonds. The molecule has 1 saturated heterocycles. The number of rotatable bonds is 6. The molecule has 0 atom stereocenters. The number of likely N-dealkylation sites (tertiary alicyclic amines) is 1. The van der Waals surface area contributed by atoms with Crippen LogP contribution in [0, 0.1) is 0 Å². The number of piperidine rings is 1. The zero-order valence-corrected chi connectivity index (χ0v) is 21.3. The molecule has 0 bridgehead atoms. The molecular weight excluding hydrogens is 502 g/mol. The molecule has 5 aromatic rings. The predicted octanol–water partition coefficient (Wildman–Crippen LogP) is 5.37. The van der Waals surface area contributed by atoms with Crippen molar-refractivity contribution in [3.05, 3.63) is 88.5 Å². The van der Waals surface area contributed by atoms with Gasteiger partial charge in [-0.2, -0.15) is 9.61 Å². The van der Waals surface area contributed by atoms with Crippen molar-refractivity contribution in [1.82, 2.24) is 29.0 Å². The third-order valence-corrected chi connectivity index (χ3v) is 7.58. The Balaban J connectivity index is 1.18. The summed E-state index contributed by atoms with van der Waals surface area (Å²) in [5.41, 5.74) is 5.83. The van der Waals surface area contributed by atoms with Crippen LogP contribution in [0.4, 0.5) is 5.82 Å².